The summed E-state index contributed by atoms with van der Waals surface area (Å²) in [5.41, 5.74) is 9.49. The van der Waals surface area contributed by atoms with E-state index in [-0.39, 0.29) is 0 Å². The summed E-state index contributed by atoms with van der Waals surface area (Å²) in [4.78, 5) is 14.1. The van der Waals surface area contributed by atoms with Crippen molar-refractivity contribution in [2.45, 2.75) is 46.1 Å². The van der Waals surface area contributed by atoms with Crippen LogP contribution in [0, 0.1) is 6.92 Å². The summed E-state index contributed by atoms with van der Waals surface area (Å²) < 4.78 is 0. The van der Waals surface area contributed by atoms with Crippen molar-refractivity contribution in [1.29, 1.82) is 0 Å². The van der Waals surface area contributed by atoms with Gasteiger partial charge in [-0.05, 0) is 99.8 Å². The number of hydrogen-bond donors (Lipinski definition) is 1. The number of piperidine rings is 1. The summed E-state index contributed by atoms with van der Waals surface area (Å²) in [6, 6.07) is 8.79. The van der Waals surface area contributed by atoms with Gasteiger partial charge in [0.2, 0.25) is 0 Å². The normalized spacial score (nSPS) is 17.4. The minimum atomic E-state index is 0.775. The molecular formula is C33H43N5. The quantitative estimate of drug-likeness (QED) is 0.286. The van der Waals surface area contributed by atoms with E-state index >= 15 is 0 Å². The van der Waals surface area contributed by atoms with Crippen molar-refractivity contribution >= 4 is 5.71 Å². The third kappa shape index (κ3) is 7.40. The van der Waals surface area contributed by atoms with E-state index in [0.29, 0.717) is 0 Å². The SMILES string of the molecule is C=C(/C=C\C(=C/C)NC(=C)C(=NC)c1cc(-c2cncc(CN3CCC3)c2)ccc1C)CN1CCCCC1. The summed E-state index contributed by atoms with van der Waals surface area (Å²) in [7, 11) is 1.83. The molecule has 0 amide bonds. The maximum Gasteiger partial charge on any atom is 0.0874 e. The lowest BCUT2D eigenvalue weighted by Gasteiger charge is -2.30. The smallest absolute Gasteiger partial charge is 0.0874 e. The van der Waals surface area contributed by atoms with Gasteiger partial charge in [-0.2, -0.15) is 0 Å². The molecule has 2 fully saturated rings. The van der Waals surface area contributed by atoms with E-state index < -0.39 is 0 Å². The topological polar surface area (TPSA) is 43.8 Å². The second kappa shape index (κ2) is 13.5. The Morgan fingerprint density at radius 1 is 0.974 bits per heavy atom. The Kier molecular flexibility index (Phi) is 9.85. The van der Waals surface area contributed by atoms with Crippen LogP contribution in [0.5, 0.6) is 0 Å². The van der Waals surface area contributed by atoms with E-state index in [1.165, 1.54) is 57.4 Å². The molecule has 0 aliphatic carbocycles. The van der Waals surface area contributed by atoms with Crippen LogP contribution in [-0.2, 0) is 6.54 Å². The first-order valence-corrected chi connectivity index (χ1v) is 13.9. The molecule has 2 saturated heterocycles. The first-order chi connectivity index (χ1) is 18.5. The molecule has 3 heterocycles. The van der Waals surface area contributed by atoms with Crippen LogP contribution < -0.4 is 5.32 Å². The van der Waals surface area contributed by atoms with E-state index in [1.807, 2.05) is 26.4 Å². The van der Waals surface area contributed by atoms with Crippen molar-refractivity contribution in [2.24, 2.45) is 4.99 Å². The number of rotatable bonds is 11. The van der Waals surface area contributed by atoms with Crippen molar-refractivity contribution in [3.8, 4) is 11.1 Å². The highest BCUT2D eigenvalue weighted by molar-refractivity contribution is 6.13. The van der Waals surface area contributed by atoms with E-state index in [4.69, 9.17) is 0 Å². The average molecular weight is 510 g/mol. The molecule has 0 unspecified atom stereocenters. The third-order valence-electron chi connectivity index (χ3n) is 7.47. The molecule has 38 heavy (non-hydrogen) atoms. The van der Waals surface area contributed by atoms with Gasteiger partial charge in [0.15, 0.2) is 0 Å². The van der Waals surface area contributed by atoms with Crippen LogP contribution in [0.25, 0.3) is 11.1 Å². The van der Waals surface area contributed by atoms with Crippen LogP contribution in [0.15, 0.2) is 90.0 Å². The van der Waals surface area contributed by atoms with Gasteiger partial charge in [-0.1, -0.05) is 43.9 Å². The van der Waals surface area contributed by atoms with Crippen LogP contribution in [0.2, 0.25) is 0 Å². The number of benzene rings is 1. The van der Waals surface area contributed by atoms with Gasteiger partial charge in [0.1, 0.15) is 0 Å². The van der Waals surface area contributed by atoms with Crippen molar-refractivity contribution < 1.29 is 0 Å². The molecular weight excluding hydrogens is 466 g/mol. The van der Waals surface area contributed by atoms with Gasteiger partial charge in [-0.3, -0.25) is 19.8 Å². The number of nitrogens with one attached hydrogen (secondary N) is 1. The third-order valence-corrected chi connectivity index (χ3v) is 7.47. The van der Waals surface area contributed by atoms with Gasteiger partial charge < -0.3 is 5.32 Å². The molecule has 0 bridgehead atoms. The lowest BCUT2D eigenvalue weighted by molar-refractivity contribution is 0.172. The monoisotopic (exact) mass is 509 g/mol. The van der Waals surface area contributed by atoms with Crippen LogP contribution in [-0.4, -0.2) is 60.3 Å². The molecule has 5 heteroatoms. The van der Waals surface area contributed by atoms with Crippen molar-refractivity contribution in [1.82, 2.24) is 20.1 Å². The standard InChI is InChI=1S/C33H43N5/c1-6-31(14-11-25(2)23-37-15-8-7-9-16-37)36-27(4)33(34-5)32-20-29(13-12-26(32)3)30-19-28(21-35-22-30)24-38-17-10-18-38/h6,11-14,19-22,36H,2,4,7-10,15-18,23-24H2,1,3,5H3/b14-11-,31-6+,34-33?. The molecule has 1 N–H and O–H groups in total. The summed E-state index contributed by atoms with van der Waals surface area (Å²) in [6.07, 6.45) is 15.4. The van der Waals surface area contributed by atoms with Crippen molar-refractivity contribution in [3.63, 3.8) is 0 Å². The highest BCUT2D eigenvalue weighted by Gasteiger charge is 2.16. The molecule has 5 nitrogen and oxygen atoms in total. The van der Waals surface area contributed by atoms with Crippen LogP contribution in [0.4, 0.5) is 0 Å². The van der Waals surface area contributed by atoms with E-state index in [1.54, 1.807) is 0 Å². The number of likely N-dealkylation sites (tertiary alicyclic amines) is 2. The Labute approximate surface area is 229 Å². The summed E-state index contributed by atoms with van der Waals surface area (Å²) in [5.74, 6) is 0. The lowest BCUT2D eigenvalue weighted by atomic mass is 9.96. The lowest BCUT2D eigenvalue weighted by Crippen LogP contribution is -2.36. The van der Waals surface area contributed by atoms with E-state index in [0.717, 1.165) is 58.0 Å². The van der Waals surface area contributed by atoms with Gasteiger partial charge in [0.25, 0.3) is 0 Å². The largest absolute Gasteiger partial charge is 0.355 e. The fourth-order valence-electron chi connectivity index (χ4n) is 5.11. The number of aromatic nitrogens is 1. The van der Waals surface area contributed by atoms with Crippen molar-refractivity contribution in [3.05, 3.63) is 102 Å². The number of aliphatic imine (C=N–C) groups is 1. The number of hydrogen-bond acceptors (Lipinski definition) is 5. The molecule has 1 aromatic heterocycles. The number of allylic oxidation sites excluding steroid dienone is 3. The summed E-state index contributed by atoms with van der Waals surface area (Å²) >= 11 is 0. The van der Waals surface area contributed by atoms with Gasteiger partial charge in [-0.25, -0.2) is 0 Å². The zero-order chi connectivity index (χ0) is 26.9. The molecule has 2 aromatic rings. The minimum absolute atomic E-state index is 0.775. The maximum absolute atomic E-state index is 4.65. The fourth-order valence-corrected chi connectivity index (χ4v) is 5.11. The van der Waals surface area contributed by atoms with Gasteiger partial charge in [0.05, 0.1) is 11.4 Å². The highest BCUT2D eigenvalue weighted by Crippen LogP contribution is 2.25. The zero-order valence-electron chi connectivity index (χ0n) is 23.5. The summed E-state index contributed by atoms with van der Waals surface area (Å²) in [5, 5.41) is 3.48. The van der Waals surface area contributed by atoms with Crippen molar-refractivity contribution in [2.75, 3.05) is 39.8 Å². The molecule has 2 aliphatic rings. The Bertz CT molecular complexity index is 1230. The highest BCUT2D eigenvalue weighted by atomic mass is 15.2. The summed E-state index contributed by atoms with van der Waals surface area (Å²) in [6.45, 7) is 19.4. The maximum atomic E-state index is 4.65. The van der Waals surface area contributed by atoms with Gasteiger partial charge in [-0.15, -0.1) is 0 Å². The van der Waals surface area contributed by atoms with E-state index in [2.05, 4.69) is 87.7 Å². The van der Waals surface area contributed by atoms with Crippen LogP contribution in [0.1, 0.15) is 49.3 Å². The zero-order valence-corrected chi connectivity index (χ0v) is 23.5. The Morgan fingerprint density at radius 3 is 2.42 bits per heavy atom. The molecule has 2 aliphatic heterocycles. The number of nitrogens with zero attached hydrogens (tertiary/aromatic N) is 4. The molecule has 200 valence electrons. The second-order valence-electron chi connectivity index (χ2n) is 10.5. The number of pyridine rings is 1. The second-order valence-corrected chi connectivity index (χ2v) is 10.5. The molecule has 1 aromatic carbocycles. The Balaban J connectivity index is 1.45. The average Bonchev–Trinajstić information content (AvgIpc) is 2.91. The molecule has 0 atom stereocenters. The molecule has 0 spiro atoms. The van der Waals surface area contributed by atoms with Gasteiger partial charge >= 0.3 is 0 Å². The van der Waals surface area contributed by atoms with Gasteiger partial charge in [0, 0.05) is 49.4 Å². The number of aryl methyl sites for hydroxylation is 1. The Morgan fingerprint density at radius 2 is 1.74 bits per heavy atom. The van der Waals surface area contributed by atoms with E-state index in [9.17, 15) is 0 Å². The first kappa shape index (κ1) is 27.7. The predicted octanol–water partition coefficient (Wildman–Crippen LogP) is 6.29. The predicted molar refractivity (Wildman–Crippen MR) is 161 cm³/mol. The minimum Gasteiger partial charge on any atom is -0.355 e. The molecule has 4 rings (SSSR count). The molecule has 0 saturated carbocycles. The molecule has 0 radical (unpaired) electrons. The van der Waals surface area contributed by atoms with Crippen LogP contribution in [0.3, 0.4) is 0 Å². The fraction of sp³-hybridized carbons (Fsp3) is 0.394. The Hall–Kier alpha value is -3.28. The van der Waals surface area contributed by atoms with Crippen LogP contribution >= 0.6 is 0 Å². The first-order valence-electron chi connectivity index (χ1n) is 13.9.